The van der Waals surface area contributed by atoms with Crippen LogP contribution in [0.15, 0.2) is 58.1 Å². The van der Waals surface area contributed by atoms with Gasteiger partial charge in [-0.3, -0.25) is 18.5 Å². The smallest absolute Gasteiger partial charge is 0.332 e. The van der Waals surface area contributed by atoms with Crippen molar-refractivity contribution in [3.05, 3.63) is 86.1 Å². The molecule has 0 radical (unpaired) electrons. The summed E-state index contributed by atoms with van der Waals surface area (Å²) < 4.78 is 9.69. The van der Waals surface area contributed by atoms with Crippen LogP contribution < -0.4 is 21.3 Å². The SMILES string of the molecule is COc1ccc(Cn2c(NC3CCc4ccccc43)nc3c2c(=O)n(C)c(=O)n3C)cc1. The Bertz CT molecular complexity index is 1430. The largest absolute Gasteiger partial charge is 0.497 e. The third kappa shape index (κ3) is 3.19. The van der Waals surface area contributed by atoms with Crippen LogP contribution in [-0.4, -0.2) is 25.8 Å². The van der Waals surface area contributed by atoms with E-state index in [1.807, 2.05) is 34.9 Å². The van der Waals surface area contributed by atoms with E-state index < -0.39 is 5.69 Å². The molecule has 5 rings (SSSR count). The molecule has 8 nitrogen and oxygen atoms in total. The maximum Gasteiger partial charge on any atom is 0.332 e. The Labute approximate surface area is 184 Å². The van der Waals surface area contributed by atoms with Crippen molar-refractivity contribution < 1.29 is 4.74 Å². The maximum absolute atomic E-state index is 13.1. The lowest BCUT2D eigenvalue weighted by Gasteiger charge is -2.17. The van der Waals surface area contributed by atoms with Crippen molar-refractivity contribution in [1.82, 2.24) is 18.7 Å². The van der Waals surface area contributed by atoms with Crippen molar-refractivity contribution in [2.75, 3.05) is 12.4 Å². The third-order valence-electron chi connectivity index (χ3n) is 6.28. The third-order valence-corrected chi connectivity index (χ3v) is 6.28. The van der Waals surface area contributed by atoms with Crippen LogP contribution in [0, 0.1) is 0 Å². The van der Waals surface area contributed by atoms with E-state index in [1.54, 1.807) is 14.2 Å². The van der Waals surface area contributed by atoms with E-state index >= 15 is 0 Å². The van der Waals surface area contributed by atoms with Gasteiger partial charge in [-0.1, -0.05) is 36.4 Å². The van der Waals surface area contributed by atoms with Crippen molar-refractivity contribution in [1.29, 1.82) is 0 Å². The summed E-state index contributed by atoms with van der Waals surface area (Å²) in [5.41, 5.74) is 3.59. The molecule has 1 aliphatic rings. The molecule has 2 heterocycles. The molecule has 1 unspecified atom stereocenters. The van der Waals surface area contributed by atoms with Gasteiger partial charge in [0.15, 0.2) is 11.2 Å². The first-order valence-corrected chi connectivity index (χ1v) is 10.6. The van der Waals surface area contributed by atoms with Gasteiger partial charge in [-0.25, -0.2) is 4.79 Å². The van der Waals surface area contributed by atoms with Crippen molar-refractivity contribution >= 4 is 17.1 Å². The Morgan fingerprint density at radius 3 is 2.56 bits per heavy atom. The number of benzene rings is 2. The van der Waals surface area contributed by atoms with Crippen LogP contribution in [0.3, 0.4) is 0 Å². The lowest BCUT2D eigenvalue weighted by atomic mass is 10.1. The first-order chi connectivity index (χ1) is 15.5. The van der Waals surface area contributed by atoms with Crippen LogP contribution >= 0.6 is 0 Å². The zero-order chi connectivity index (χ0) is 22.4. The van der Waals surface area contributed by atoms with Gasteiger partial charge in [0.2, 0.25) is 5.95 Å². The van der Waals surface area contributed by atoms with E-state index in [4.69, 9.17) is 9.72 Å². The average molecular weight is 431 g/mol. The highest BCUT2D eigenvalue weighted by Crippen LogP contribution is 2.34. The molecule has 0 bridgehead atoms. The summed E-state index contributed by atoms with van der Waals surface area (Å²) in [7, 11) is 4.77. The Kier molecular flexibility index (Phi) is 4.84. The Morgan fingerprint density at radius 1 is 1.06 bits per heavy atom. The number of methoxy groups -OCH3 is 1. The second-order valence-electron chi connectivity index (χ2n) is 8.18. The van der Waals surface area contributed by atoms with Crippen LogP contribution in [-0.2, 0) is 27.1 Å². The van der Waals surface area contributed by atoms with Gasteiger partial charge in [0.1, 0.15) is 5.75 Å². The van der Waals surface area contributed by atoms with Gasteiger partial charge in [-0.05, 0) is 41.7 Å². The second kappa shape index (κ2) is 7.71. The first kappa shape index (κ1) is 20.1. The molecular formula is C24H25N5O3. The molecule has 0 amide bonds. The molecule has 1 aliphatic carbocycles. The number of imidazole rings is 1. The normalized spacial score (nSPS) is 15.2. The summed E-state index contributed by atoms with van der Waals surface area (Å²) >= 11 is 0. The minimum Gasteiger partial charge on any atom is -0.497 e. The minimum atomic E-state index is -0.394. The molecule has 8 heteroatoms. The number of aryl methyl sites for hydroxylation is 2. The molecule has 2 aromatic heterocycles. The first-order valence-electron chi connectivity index (χ1n) is 10.6. The van der Waals surface area contributed by atoms with E-state index in [0.29, 0.717) is 23.7 Å². The molecule has 2 aromatic carbocycles. The monoisotopic (exact) mass is 431 g/mol. The number of anilines is 1. The molecule has 0 saturated heterocycles. The number of rotatable bonds is 5. The van der Waals surface area contributed by atoms with Gasteiger partial charge >= 0.3 is 5.69 Å². The number of hydrogen-bond donors (Lipinski definition) is 1. The highest BCUT2D eigenvalue weighted by Gasteiger charge is 2.25. The number of ether oxygens (including phenoxy) is 1. The van der Waals surface area contributed by atoms with E-state index in [0.717, 1.165) is 28.7 Å². The number of hydrogen-bond acceptors (Lipinski definition) is 5. The van der Waals surface area contributed by atoms with Crippen LogP contribution in [0.1, 0.15) is 29.2 Å². The van der Waals surface area contributed by atoms with Crippen molar-refractivity contribution in [3.8, 4) is 5.75 Å². The Balaban J connectivity index is 1.65. The summed E-state index contributed by atoms with van der Waals surface area (Å²) in [6, 6.07) is 16.2. The van der Waals surface area contributed by atoms with Crippen LogP contribution in [0.4, 0.5) is 5.95 Å². The van der Waals surface area contributed by atoms with Gasteiger partial charge in [0, 0.05) is 14.1 Å². The number of fused-ring (bicyclic) bond motifs is 2. The van der Waals surface area contributed by atoms with Gasteiger partial charge < -0.3 is 10.1 Å². The molecular weight excluding hydrogens is 406 g/mol. The quantitative estimate of drug-likeness (QED) is 0.525. The molecule has 0 spiro atoms. The van der Waals surface area contributed by atoms with Gasteiger partial charge in [-0.2, -0.15) is 4.98 Å². The van der Waals surface area contributed by atoms with E-state index in [1.165, 1.54) is 22.7 Å². The minimum absolute atomic E-state index is 0.0958. The van der Waals surface area contributed by atoms with Crippen molar-refractivity contribution in [3.63, 3.8) is 0 Å². The standard InChI is InChI=1S/C24H25N5O3/c1-27-21-20(22(30)28(2)24(27)31)29(14-15-8-11-17(32-3)12-9-15)23(26-21)25-19-13-10-16-6-4-5-7-18(16)19/h4-9,11-12,19H,10,13-14H2,1-3H3,(H,25,26). The predicted molar refractivity (Wildman–Crippen MR) is 123 cm³/mol. The number of aromatic nitrogens is 4. The fourth-order valence-electron chi connectivity index (χ4n) is 4.49. The fraction of sp³-hybridized carbons (Fsp3) is 0.292. The van der Waals surface area contributed by atoms with E-state index in [-0.39, 0.29) is 11.6 Å². The summed E-state index contributed by atoms with van der Waals surface area (Å²) in [4.78, 5) is 30.3. The lowest BCUT2D eigenvalue weighted by Crippen LogP contribution is -2.37. The summed E-state index contributed by atoms with van der Waals surface area (Å²) in [6.45, 7) is 0.435. The molecule has 1 atom stereocenters. The number of nitrogens with zero attached hydrogens (tertiary/aromatic N) is 4. The lowest BCUT2D eigenvalue weighted by molar-refractivity contribution is 0.414. The molecule has 0 saturated carbocycles. The predicted octanol–water partition coefficient (Wildman–Crippen LogP) is 2.59. The second-order valence-corrected chi connectivity index (χ2v) is 8.18. The molecule has 0 aliphatic heterocycles. The van der Waals surface area contributed by atoms with E-state index in [9.17, 15) is 9.59 Å². The van der Waals surface area contributed by atoms with Crippen molar-refractivity contribution in [2.45, 2.75) is 25.4 Å². The zero-order valence-corrected chi connectivity index (χ0v) is 18.3. The molecule has 164 valence electrons. The Morgan fingerprint density at radius 2 is 1.81 bits per heavy atom. The highest BCUT2D eigenvalue weighted by atomic mass is 16.5. The molecule has 0 fully saturated rings. The summed E-state index contributed by atoms with van der Waals surface area (Å²) in [5, 5.41) is 3.55. The molecule has 4 aromatic rings. The summed E-state index contributed by atoms with van der Waals surface area (Å²) in [5.74, 6) is 1.35. The van der Waals surface area contributed by atoms with Crippen LogP contribution in [0.5, 0.6) is 5.75 Å². The summed E-state index contributed by atoms with van der Waals surface area (Å²) in [6.07, 6.45) is 1.94. The van der Waals surface area contributed by atoms with Crippen molar-refractivity contribution in [2.24, 2.45) is 14.1 Å². The maximum atomic E-state index is 13.1. The molecule has 32 heavy (non-hydrogen) atoms. The molecule has 1 N–H and O–H groups in total. The van der Waals surface area contributed by atoms with E-state index in [2.05, 4.69) is 23.5 Å². The van der Waals surface area contributed by atoms with Gasteiger partial charge in [0.25, 0.3) is 5.56 Å². The average Bonchev–Trinajstić information content (AvgIpc) is 3.39. The highest BCUT2D eigenvalue weighted by molar-refractivity contribution is 5.74. The topological polar surface area (TPSA) is 83.1 Å². The zero-order valence-electron chi connectivity index (χ0n) is 18.3. The fourth-order valence-corrected chi connectivity index (χ4v) is 4.49. The number of nitrogens with one attached hydrogen (secondary N) is 1. The Hall–Kier alpha value is -3.81. The van der Waals surface area contributed by atoms with Gasteiger partial charge in [0.05, 0.1) is 19.7 Å². The van der Waals surface area contributed by atoms with Gasteiger partial charge in [-0.15, -0.1) is 0 Å². The van der Waals surface area contributed by atoms with Crippen LogP contribution in [0.25, 0.3) is 11.2 Å². The van der Waals surface area contributed by atoms with Crippen LogP contribution in [0.2, 0.25) is 0 Å².